The van der Waals surface area contributed by atoms with Crippen molar-refractivity contribution in [2.75, 3.05) is 20.8 Å². The van der Waals surface area contributed by atoms with Crippen LogP contribution < -0.4 is 20.1 Å². The van der Waals surface area contributed by atoms with Gasteiger partial charge in [-0.1, -0.05) is 30.9 Å². The summed E-state index contributed by atoms with van der Waals surface area (Å²) in [5.41, 5.74) is 3.39. The Kier molecular flexibility index (Phi) is 6.86. The molecule has 1 atom stereocenters. The number of amides is 2. The Morgan fingerprint density at radius 1 is 1.14 bits per heavy atom. The number of carbonyl (C=O) groups is 2. The second kappa shape index (κ2) is 10.2. The number of para-hydroxylation sites is 1. The quantitative estimate of drug-likeness (QED) is 0.379. The fraction of sp³-hybridized carbons (Fsp3) is 0.192. The molecule has 0 saturated carbocycles. The van der Waals surface area contributed by atoms with Crippen LogP contribution in [0.4, 0.5) is 4.79 Å². The molecule has 0 spiro atoms. The normalized spacial score (nSPS) is 15.2. The molecule has 1 aromatic heterocycles. The van der Waals surface area contributed by atoms with Gasteiger partial charge in [0.15, 0.2) is 11.5 Å². The first kappa shape index (κ1) is 23.6. The van der Waals surface area contributed by atoms with Crippen LogP contribution >= 0.6 is 0 Å². The molecule has 2 heterocycles. The van der Waals surface area contributed by atoms with Gasteiger partial charge in [0.1, 0.15) is 6.61 Å². The number of urea groups is 1. The first-order valence-corrected chi connectivity index (χ1v) is 10.9. The summed E-state index contributed by atoms with van der Waals surface area (Å²) < 4.78 is 17.9. The first-order valence-electron chi connectivity index (χ1n) is 10.9. The van der Waals surface area contributed by atoms with Crippen molar-refractivity contribution in [3.63, 3.8) is 0 Å². The van der Waals surface area contributed by atoms with E-state index in [1.54, 1.807) is 44.2 Å². The third-order valence-electron chi connectivity index (χ3n) is 5.55. The van der Waals surface area contributed by atoms with E-state index in [-0.39, 0.29) is 12.2 Å². The molecule has 4 rings (SSSR count). The summed E-state index contributed by atoms with van der Waals surface area (Å²) in [6.07, 6.45) is 3.28. The van der Waals surface area contributed by atoms with E-state index in [4.69, 9.17) is 19.3 Å². The lowest BCUT2D eigenvalue weighted by molar-refractivity contribution is -0.138. The Labute approximate surface area is 203 Å². The number of benzene rings is 2. The third-order valence-corrected chi connectivity index (χ3v) is 5.55. The summed E-state index contributed by atoms with van der Waals surface area (Å²) in [5, 5.41) is 10.3. The Hall–Kier alpha value is -4.53. The van der Waals surface area contributed by atoms with E-state index in [0.29, 0.717) is 28.5 Å². The van der Waals surface area contributed by atoms with Gasteiger partial charge in [-0.05, 0) is 37.3 Å². The largest absolute Gasteiger partial charge is 0.493 e. The topological polar surface area (TPSA) is 104 Å². The van der Waals surface area contributed by atoms with Gasteiger partial charge < -0.3 is 24.8 Å². The summed E-state index contributed by atoms with van der Waals surface area (Å²) in [6.45, 7) is 5.30. The zero-order valence-corrected chi connectivity index (χ0v) is 19.7. The molecule has 0 radical (unpaired) electrons. The van der Waals surface area contributed by atoms with Gasteiger partial charge in [-0.15, -0.1) is 0 Å². The number of esters is 1. The molecule has 0 unspecified atom stereocenters. The second-order valence-electron chi connectivity index (χ2n) is 7.74. The maximum atomic E-state index is 13.0. The highest BCUT2D eigenvalue weighted by Crippen LogP contribution is 2.38. The first-order chi connectivity index (χ1) is 17.0. The molecule has 9 heteroatoms. The summed E-state index contributed by atoms with van der Waals surface area (Å²) in [4.78, 5) is 25.4. The van der Waals surface area contributed by atoms with E-state index in [1.807, 2.05) is 36.4 Å². The van der Waals surface area contributed by atoms with Crippen LogP contribution in [-0.2, 0) is 9.53 Å². The molecule has 0 saturated heterocycles. The average molecular weight is 475 g/mol. The van der Waals surface area contributed by atoms with Gasteiger partial charge in [-0.25, -0.2) is 14.3 Å². The molecule has 1 aliphatic rings. The number of rotatable bonds is 8. The molecule has 180 valence electrons. The summed E-state index contributed by atoms with van der Waals surface area (Å²) in [5.74, 6) is 0.530. The molecule has 3 aromatic rings. The van der Waals surface area contributed by atoms with Gasteiger partial charge >= 0.3 is 12.0 Å². The van der Waals surface area contributed by atoms with Gasteiger partial charge in [0.05, 0.1) is 37.2 Å². The second-order valence-corrected chi connectivity index (χ2v) is 7.74. The van der Waals surface area contributed by atoms with Crippen LogP contribution in [0.15, 0.2) is 78.7 Å². The lowest BCUT2D eigenvalue weighted by Crippen LogP contribution is -2.45. The highest BCUT2D eigenvalue weighted by atomic mass is 16.5. The van der Waals surface area contributed by atoms with Crippen molar-refractivity contribution in [1.29, 1.82) is 0 Å². The zero-order valence-electron chi connectivity index (χ0n) is 19.7. The van der Waals surface area contributed by atoms with E-state index in [2.05, 4.69) is 17.2 Å². The predicted octanol–water partition coefficient (Wildman–Crippen LogP) is 3.91. The lowest BCUT2D eigenvalue weighted by Gasteiger charge is -2.27. The predicted molar refractivity (Wildman–Crippen MR) is 130 cm³/mol. The van der Waals surface area contributed by atoms with Gasteiger partial charge in [-0.2, -0.15) is 5.10 Å². The number of aromatic nitrogens is 2. The number of hydrogen-bond donors (Lipinski definition) is 2. The molecular weight excluding hydrogens is 448 g/mol. The Morgan fingerprint density at radius 3 is 2.57 bits per heavy atom. The number of ether oxygens (including phenoxy) is 3. The molecule has 0 fully saturated rings. The van der Waals surface area contributed by atoms with Crippen LogP contribution in [0, 0.1) is 0 Å². The Balaban J connectivity index is 1.90. The number of methoxy groups -OCH3 is 2. The Morgan fingerprint density at radius 2 is 1.89 bits per heavy atom. The van der Waals surface area contributed by atoms with Crippen molar-refractivity contribution in [3.05, 3.63) is 84.2 Å². The Bertz CT molecular complexity index is 1300. The SMILES string of the molecule is C=CCOC(=O)C1=C(C)NC(=O)N[C@H]1c1cn(-c2ccccc2)nc1-c1ccc(OC)c(OC)c1. The summed E-state index contributed by atoms with van der Waals surface area (Å²) in [7, 11) is 3.12. The minimum atomic E-state index is -0.804. The minimum absolute atomic E-state index is 0.0437. The van der Waals surface area contributed by atoms with Gasteiger partial charge in [0, 0.05) is 23.0 Å². The standard InChI is InChI=1S/C26H26N4O5/c1-5-13-35-25(31)22-16(2)27-26(32)28-24(22)19-15-30(18-9-7-6-8-10-18)29-23(19)17-11-12-20(33-3)21(14-17)34-4/h5-12,14-15,24H,1,13H2,2-4H3,(H2,27,28,32)/t24-/m0/s1. The highest BCUT2D eigenvalue weighted by Gasteiger charge is 2.35. The number of allylic oxidation sites excluding steroid dienone is 1. The van der Waals surface area contributed by atoms with Crippen molar-refractivity contribution in [1.82, 2.24) is 20.4 Å². The van der Waals surface area contributed by atoms with E-state index >= 15 is 0 Å². The molecular formula is C26H26N4O5. The number of hydrogen-bond acceptors (Lipinski definition) is 6. The molecule has 2 N–H and O–H groups in total. The van der Waals surface area contributed by atoms with Crippen molar-refractivity contribution in [3.8, 4) is 28.4 Å². The van der Waals surface area contributed by atoms with Crippen molar-refractivity contribution in [2.24, 2.45) is 0 Å². The van der Waals surface area contributed by atoms with Crippen LogP contribution in [0.2, 0.25) is 0 Å². The average Bonchev–Trinajstić information content (AvgIpc) is 3.32. The lowest BCUT2D eigenvalue weighted by atomic mass is 9.93. The summed E-state index contributed by atoms with van der Waals surface area (Å²) >= 11 is 0. The minimum Gasteiger partial charge on any atom is -0.493 e. The van der Waals surface area contributed by atoms with E-state index < -0.39 is 18.0 Å². The van der Waals surface area contributed by atoms with Crippen molar-refractivity contribution in [2.45, 2.75) is 13.0 Å². The molecule has 2 aromatic carbocycles. The fourth-order valence-electron chi connectivity index (χ4n) is 3.93. The molecule has 0 bridgehead atoms. The van der Waals surface area contributed by atoms with Crippen LogP contribution in [0.3, 0.4) is 0 Å². The molecule has 1 aliphatic heterocycles. The van der Waals surface area contributed by atoms with E-state index in [1.165, 1.54) is 6.08 Å². The van der Waals surface area contributed by atoms with E-state index in [0.717, 1.165) is 11.3 Å². The van der Waals surface area contributed by atoms with Crippen LogP contribution in [0.25, 0.3) is 16.9 Å². The van der Waals surface area contributed by atoms with Gasteiger partial charge in [0.25, 0.3) is 0 Å². The molecule has 0 aliphatic carbocycles. The van der Waals surface area contributed by atoms with Crippen molar-refractivity contribution < 1.29 is 23.8 Å². The molecule has 2 amide bonds. The van der Waals surface area contributed by atoms with Crippen molar-refractivity contribution >= 4 is 12.0 Å². The fourth-order valence-corrected chi connectivity index (χ4v) is 3.93. The van der Waals surface area contributed by atoms with E-state index in [9.17, 15) is 9.59 Å². The van der Waals surface area contributed by atoms with Crippen LogP contribution in [0.1, 0.15) is 18.5 Å². The molecule has 9 nitrogen and oxygen atoms in total. The molecule has 35 heavy (non-hydrogen) atoms. The van der Waals surface area contributed by atoms with Gasteiger partial charge in [-0.3, -0.25) is 0 Å². The maximum absolute atomic E-state index is 13.0. The summed E-state index contributed by atoms with van der Waals surface area (Å²) in [6, 6.07) is 13.7. The smallest absolute Gasteiger partial charge is 0.338 e. The maximum Gasteiger partial charge on any atom is 0.338 e. The number of carbonyl (C=O) groups excluding carboxylic acids is 2. The van der Waals surface area contributed by atoms with Crippen LogP contribution in [-0.4, -0.2) is 42.6 Å². The number of nitrogens with zero attached hydrogens (tertiary/aromatic N) is 2. The monoisotopic (exact) mass is 474 g/mol. The third kappa shape index (κ3) is 4.74. The zero-order chi connectivity index (χ0) is 24.9. The van der Waals surface area contributed by atoms with Gasteiger partial charge in [0.2, 0.25) is 0 Å². The number of nitrogens with one attached hydrogen (secondary N) is 2. The van der Waals surface area contributed by atoms with Crippen LogP contribution in [0.5, 0.6) is 11.5 Å². The highest BCUT2D eigenvalue weighted by molar-refractivity contribution is 5.95.